The number of rotatable bonds is 9. The lowest BCUT2D eigenvalue weighted by atomic mass is 10.0. The summed E-state index contributed by atoms with van der Waals surface area (Å²) in [6.07, 6.45) is 9.55. The Morgan fingerprint density at radius 3 is 2.32 bits per heavy atom. The second-order valence-corrected chi connectivity index (χ2v) is 10.9. The average molecular weight is 446 g/mol. The molecule has 7 heteroatoms. The number of aryl methyl sites for hydroxylation is 3. The van der Waals surface area contributed by atoms with Crippen molar-refractivity contribution in [2.75, 3.05) is 0 Å². The SMILES string of the molecule is CCCCCCc1ccc(OC2CC3CCC(C2)N3S(=O)(=O)c2c(C)n[nH]c2C)cc1. The molecule has 2 unspecified atom stereocenters. The molecule has 1 aromatic heterocycles. The number of aromatic nitrogens is 2. The van der Waals surface area contributed by atoms with Crippen LogP contribution in [-0.4, -0.2) is 41.1 Å². The van der Waals surface area contributed by atoms with Crippen LogP contribution in [0.3, 0.4) is 0 Å². The van der Waals surface area contributed by atoms with Gasteiger partial charge in [-0.05, 0) is 57.2 Å². The minimum Gasteiger partial charge on any atom is -0.490 e. The van der Waals surface area contributed by atoms with Gasteiger partial charge < -0.3 is 4.74 Å². The zero-order valence-corrected chi connectivity index (χ0v) is 19.7. The summed E-state index contributed by atoms with van der Waals surface area (Å²) in [6.45, 7) is 5.76. The second kappa shape index (κ2) is 9.33. The Labute approximate surface area is 186 Å². The van der Waals surface area contributed by atoms with Gasteiger partial charge in [-0.3, -0.25) is 5.10 Å². The maximum Gasteiger partial charge on any atom is 0.247 e. The second-order valence-electron chi connectivity index (χ2n) is 9.15. The number of fused-ring (bicyclic) bond motifs is 2. The standard InChI is InChI=1S/C24H35N3O3S/c1-4-5-6-7-8-19-9-13-22(14-10-19)30-23-15-20-11-12-21(16-23)27(20)31(28,29)24-17(2)25-26-18(24)3/h9-10,13-14,20-21,23H,4-8,11-12,15-16H2,1-3H3,(H,25,26). The maximum atomic E-state index is 13.4. The summed E-state index contributed by atoms with van der Waals surface area (Å²) in [4.78, 5) is 0.346. The van der Waals surface area contributed by atoms with Crippen LogP contribution < -0.4 is 4.74 Å². The number of nitrogens with zero attached hydrogens (tertiary/aromatic N) is 2. The van der Waals surface area contributed by atoms with E-state index in [1.54, 1.807) is 18.2 Å². The Hall–Kier alpha value is -1.86. The van der Waals surface area contributed by atoms with Crippen LogP contribution in [0, 0.1) is 13.8 Å². The summed E-state index contributed by atoms with van der Waals surface area (Å²) < 4.78 is 34.9. The Bertz CT molecular complexity index is 950. The molecule has 2 fully saturated rings. The van der Waals surface area contributed by atoms with E-state index in [-0.39, 0.29) is 18.2 Å². The number of hydrogen-bond donors (Lipinski definition) is 1. The van der Waals surface area contributed by atoms with Crippen molar-refractivity contribution in [1.82, 2.24) is 14.5 Å². The van der Waals surface area contributed by atoms with E-state index in [0.717, 1.165) is 37.9 Å². The highest BCUT2D eigenvalue weighted by atomic mass is 32.2. The quantitative estimate of drug-likeness (QED) is 0.556. The van der Waals surface area contributed by atoms with E-state index in [1.807, 2.05) is 0 Å². The van der Waals surface area contributed by atoms with Crippen LogP contribution >= 0.6 is 0 Å². The lowest BCUT2D eigenvalue weighted by Gasteiger charge is -2.37. The van der Waals surface area contributed by atoms with Gasteiger partial charge in [-0.25, -0.2) is 8.42 Å². The molecule has 3 heterocycles. The van der Waals surface area contributed by atoms with E-state index in [0.29, 0.717) is 16.3 Å². The predicted molar refractivity (Wildman–Crippen MR) is 122 cm³/mol. The number of unbranched alkanes of at least 4 members (excludes halogenated alkanes) is 3. The molecule has 2 saturated heterocycles. The summed E-state index contributed by atoms with van der Waals surface area (Å²) >= 11 is 0. The topological polar surface area (TPSA) is 75.3 Å². The molecule has 4 rings (SSSR count). The van der Waals surface area contributed by atoms with Gasteiger partial charge in [0, 0.05) is 24.9 Å². The van der Waals surface area contributed by atoms with Crippen LogP contribution in [0.1, 0.15) is 75.2 Å². The molecule has 2 aliphatic rings. The normalized spacial score (nSPS) is 23.9. The first-order chi connectivity index (χ1) is 14.9. The van der Waals surface area contributed by atoms with Crippen molar-refractivity contribution >= 4 is 10.0 Å². The Morgan fingerprint density at radius 2 is 1.74 bits per heavy atom. The number of nitrogens with one attached hydrogen (secondary N) is 1. The molecule has 2 aromatic rings. The number of hydrogen-bond acceptors (Lipinski definition) is 4. The van der Waals surface area contributed by atoms with Crippen LogP contribution in [-0.2, 0) is 16.4 Å². The van der Waals surface area contributed by atoms with Gasteiger partial charge in [-0.15, -0.1) is 0 Å². The molecule has 0 saturated carbocycles. The molecule has 1 aromatic carbocycles. The van der Waals surface area contributed by atoms with Crippen molar-refractivity contribution in [3.05, 3.63) is 41.2 Å². The predicted octanol–water partition coefficient (Wildman–Crippen LogP) is 4.91. The van der Waals surface area contributed by atoms with Gasteiger partial charge in [0.15, 0.2) is 0 Å². The zero-order chi connectivity index (χ0) is 22.0. The highest BCUT2D eigenvalue weighted by Gasteiger charge is 2.48. The molecular formula is C24H35N3O3S. The third-order valence-electron chi connectivity index (χ3n) is 6.76. The first kappa shape index (κ1) is 22.3. The van der Waals surface area contributed by atoms with Crippen molar-refractivity contribution in [2.24, 2.45) is 0 Å². The molecule has 1 N–H and O–H groups in total. The van der Waals surface area contributed by atoms with Crippen molar-refractivity contribution < 1.29 is 13.2 Å². The van der Waals surface area contributed by atoms with E-state index in [4.69, 9.17) is 4.74 Å². The Balaban J connectivity index is 1.38. The number of benzene rings is 1. The number of H-pyrrole nitrogens is 1. The molecule has 2 aliphatic heterocycles. The summed E-state index contributed by atoms with van der Waals surface area (Å²) in [5.74, 6) is 0.888. The van der Waals surface area contributed by atoms with E-state index in [9.17, 15) is 8.42 Å². The first-order valence-electron chi connectivity index (χ1n) is 11.7. The smallest absolute Gasteiger partial charge is 0.247 e. The number of aromatic amines is 1. The molecule has 31 heavy (non-hydrogen) atoms. The lowest BCUT2D eigenvalue weighted by molar-refractivity contribution is 0.0956. The van der Waals surface area contributed by atoms with Gasteiger partial charge in [0.2, 0.25) is 10.0 Å². The van der Waals surface area contributed by atoms with Crippen LogP contribution in [0.25, 0.3) is 0 Å². The van der Waals surface area contributed by atoms with Crippen molar-refractivity contribution in [1.29, 1.82) is 0 Å². The van der Waals surface area contributed by atoms with Crippen LogP contribution in [0.4, 0.5) is 0 Å². The van der Waals surface area contributed by atoms with Gasteiger partial charge in [0.05, 0.1) is 11.4 Å². The highest BCUT2D eigenvalue weighted by molar-refractivity contribution is 7.89. The van der Waals surface area contributed by atoms with Gasteiger partial charge in [-0.1, -0.05) is 38.3 Å². The number of sulfonamides is 1. The minimum absolute atomic E-state index is 0.000267. The fraction of sp³-hybridized carbons (Fsp3) is 0.625. The molecule has 2 atom stereocenters. The monoisotopic (exact) mass is 445 g/mol. The summed E-state index contributed by atoms with van der Waals surface area (Å²) in [6, 6.07) is 8.47. The molecule has 6 nitrogen and oxygen atoms in total. The first-order valence-corrected chi connectivity index (χ1v) is 13.1. The number of piperidine rings is 1. The van der Waals surface area contributed by atoms with Gasteiger partial charge in [0.25, 0.3) is 0 Å². The highest BCUT2D eigenvalue weighted by Crippen LogP contribution is 2.41. The fourth-order valence-corrected chi connectivity index (χ4v) is 7.51. The van der Waals surface area contributed by atoms with Gasteiger partial charge in [-0.2, -0.15) is 9.40 Å². The third-order valence-corrected chi connectivity index (χ3v) is 9.03. The van der Waals surface area contributed by atoms with Gasteiger partial charge in [0.1, 0.15) is 16.7 Å². The van der Waals surface area contributed by atoms with E-state index in [2.05, 4.69) is 41.4 Å². The third kappa shape index (κ3) is 4.67. The molecule has 0 radical (unpaired) electrons. The van der Waals surface area contributed by atoms with Crippen LogP contribution in [0.2, 0.25) is 0 Å². The van der Waals surface area contributed by atoms with Gasteiger partial charge >= 0.3 is 0 Å². The minimum atomic E-state index is -3.55. The van der Waals surface area contributed by atoms with E-state index in [1.165, 1.54) is 31.2 Å². The molecule has 0 spiro atoms. The maximum absolute atomic E-state index is 13.4. The average Bonchev–Trinajstić information content (AvgIpc) is 3.23. The molecular weight excluding hydrogens is 410 g/mol. The van der Waals surface area contributed by atoms with Crippen molar-refractivity contribution in [3.63, 3.8) is 0 Å². The Morgan fingerprint density at radius 1 is 1.06 bits per heavy atom. The largest absolute Gasteiger partial charge is 0.490 e. The van der Waals surface area contributed by atoms with Crippen molar-refractivity contribution in [2.45, 2.75) is 102 Å². The zero-order valence-electron chi connectivity index (χ0n) is 18.9. The molecule has 0 amide bonds. The summed E-state index contributed by atoms with van der Waals surface area (Å²) in [5, 5.41) is 6.91. The number of ether oxygens (including phenoxy) is 1. The summed E-state index contributed by atoms with van der Waals surface area (Å²) in [5.41, 5.74) is 2.52. The molecule has 0 aliphatic carbocycles. The summed E-state index contributed by atoms with van der Waals surface area (Å²) in [7, 11) is -3.55. The van der Waals surface area contributed by atoms with E-state index >= 15 is 0 Å². The lowest BCUT2D eigenvalue weighted by Crippen LogP contribution is -2.49. The van der Waals surface area contributed by atoms with Crippen molar-refractivity contribution in [3.8, 4) is 5.75 Å². The fourth-order valence-electron chi connectivity index (χ4n) is 5.28. The van der Waals surface area contributed by atoms with Crippen LogP contribution in [0.5, 0.6) is 5.75 Å². The van der Waals surface area contributed by atoms with Crippen LogP contribution in [0.15, 0.2) is 29.2 Å². The van der Waals surface area contributed by atoms with E-state index < -0.39 is 10.0 Å². The molecule has 170 valence electrons. The molecule has 2 bridgehead atoms. The Kier molecular flexibility index (Phi) is 6.72.